The molecule has 1 heterocycles. The Hall–Kier alpha value is -1.09. The van der Waals surface area contributed by atoms with Crippen molar-refractivity contribution in [2.24, 2.45) is 0 Å². The molecular formula is C21H22Cl2FN. The molecule has 2 aromatic rings. The Morgan fingerprint density at radius 2 is 1.88 bits per heavy atom. The number of hydrogen-bond donors (Lipinski definition) is 0. The lowest BCUT2D eigenvalue weighted by Gasteiger charge is -2.39. The van der Waals surface area contributed by atoms with E-state index >= 15 is 0 Å². The SMILES string of the molecule is FC1CCN(C2CCc3ccccc3C2Cc2ccc(Cl)c(Cl)c2)C1. The number of hydrogen-bond acceptors (Lipinski definition) is 1. The average molecular weight is 378 g/mol. The zero-order chi connectivity index (χ0) is 17.4. The van der Waals surface area contributed by atoms with Gasteiger partial charge in [0.2, 0.25) is 0 Å². The first kappa shape index (κ1) is 17.3. The van der Waals surface area contributed by atoms with Crippen molar-refractivity contribution in [2.75, 3.05) is 13.1 Å². The maximum absolute atomic E-state index is 13.8. The van der Waals surface area contributed by atoms with E-state index in [9.17, 15) is 4.39 Å². The Kier molecular flexibility index (Phi) is 5.04. The molecule has 1 aliphatic carbocycles. The van der Waals surface area contributed by atoms with E-state index in [2.05, 4.69) is 35.2 Å². The normalized spacial score (nSPS) is 26.6. The first-order valence-corrected chi connectivity index (χ1v) is 9.77. The van der Waals surface area contributed by atoms with Gasteiger partial charge in [-0.2, -0.15) is 0 Å². The molecule has 4 heteroatoms. The molecule has 1 saturated heterocycles. The van der Waals surface area contributed by atoms with Crippen LogP contribution in [0.3, 0.4) is 0 Å². The van der Waals surface area contributed by atoms with Gasteiger partial charge in [0.1, 0.15) is 6.17 Å². The number of benzene rings is 2. The molecule has 3 unspecified atom stereocenters. The predicted octanol–water partition coefficient (Wildman–Crippen LogP) is 5.68. The standard InChI is InChI=1S/C21H22Cl2FN/c22-19-7-5-14(12-20(19)23)11-18-17-4-2-1-3-15(17)6-8-21(18)25-10-9-16(24)13-25/h1-5,7,12,16,18,21H,6,8-11,13H2. The molecule has 4 rings (SSSR count). The van der Waals surface area contributed by atoms with Crippen LogP contribution in [0.5, 0.6) is 0 Å². The second-order valence-corrected chi connectivity index (χ2v) is 8.06. The van der Waals surface area contributed by atoms with Crippen LogP contribution in [-0.4, -0.2) is 30.2 Å². The highest BCUT2D eigenvalue weighted by molar-refractivity contribution is 6.42. The molecule has 0 radical (unpaired) electrons. The maximum atomic E-state index is 13.8. The molecule has 0 saturated carbocycles. The van der Waals surface area contributed by atoms with Gasteiger partial charge in [0, 0.05) is 25.0 Å². The maximum Gasteiger partial charge on any atom is 0.114 e. The minimum atomic E-state index is -0.678. The topological polar surface area (TPSA) is 3.24 Å². The van der Waals surface area contributed by atoms with Crippen LogP contribution in [0.2, 0.25) is 10.0 Å². The molecule has 0 N–H and O–H groups in total. The number of likely N-dealkylation sites (tertiary alicyclic amines) is 1. The molecule has 25 heavy (non-hydrogen) atoms. The molecule has 2 aromatic carbocycles. The van der Waals surface area contributed by atoms with E-state index in [4.69, 9.17) is 23.2 Å². The molecule has 0 aromatic heterocycles. The van der Waals surface area contributed by atoms with E-state index < -0.39 is 6.17 Å². The third-order valence-electron chi connectivity index (χ3n) is 5.70. The first-order chi connectivity index (χ1) is 12.1. The number of alkyl halides is 1. The second kappa shape index (κ2) is 7.26. The Balaban J connectivity index is 1.66. The number of fused-ring (bicyclic) bond motifs is 1. The van der Waals surface area contributed by atoms with Crippen molar-refractivity contribution in [1.82, 2.24) is 4.90 Å². The number of aryl methyl sites for hydroxylation is 1. The lowest BCUT2D eigenvalue weighted by Crippen LogP contribution is -2.42. The highest BCUT2D eigenvalue weighted by Gasteiger charge is 2.36. The van der Waals surface area contributed by atoms with Crippen LogP contribution in [0.4, 0.5) is 4.39 Å². The van der Waals surface area contributed by atoms with E-state index in [1.165, 1.54) is 16.7 Å². The number of rotatable bonds is 3. The predicted molar refractivity (Wildman–Crippen MR) is 103 cm³/mol. The monoisotopic (exact) mass is 377 g/mol. The van der Waals surface area contributed by atoms with Crippen LogP contribution in [0, 0.1) is 0 Å². The fourth-order valence-electron chi connectivity index (χ4n) is 4.48. The summed E-state index contributed by atoms with van der Waals surface area (Å²) in [7, 11) is 0. The third-order valence-corrected chi connectivity index (χ3v) is 6.44. The van der Waals surface area contributed by atoms with Crippen molar-refractivity contribution in [3.8, 4) is 0 Å². The van der Waals surface area contributed by atoms with Gasteiger partial charge >= 0.3 is 0 Å². The molecule has 1 fully saturated rings. The minimum Gasteiger partial charge on any atom is -0.297 e. The van der Waals surface area contributed by atoms with Crippen molar-refractivity contribution in [1.29, 1.82) is 0 Å². The number of halogens is 3. The van der Waals surface area contributed by atoms with Gasteiger partial charge in [-0.25, -0.2) is 4.39 Å². The zero-order valence-electron chi connectivity index (χ0n) is 14.1. The fourth-order valence-corrected chi connectivity index (χ4v) is 4.80. The Bertz CT molecular complexity index is 763. The van der Waals surface area contributed by atoms with Crippen LogP contribution < -0.4 is 0 Å². The largest absolute Gasteiger partial charge is 0.297 e. The van der Waals surface area contributed by atoms with Crippen molar-refractivity contribution < 1.29 is 4.39 Å². The summed E-state index contributed by atoms with van der Waals surface area (Å²) >= 11 is 12.3. The summed E-state index contributed by atoms with van der Waals surface area (Å²) in [6.45, 7) is 1.44. The number of nitrogens with zero attached hydrogens (tertiary/aromatic N) is 1. The molecule has 1 nitrogen and oxygen atoms in total. The van der Waals surface area contributed by atoms with Crippen molar-refractivity contribution in [2.45, 2.75) is 43.8 Å². The van der Waals surface area contributed by atoms with Gasteiger partial charge in [0.15, 0.2) is 0 Å². The Morgan fingerprint density at radius 3 is 2.64 bits per heavy atom. The third kappa shape index (κ3) is 3.58. The van der Waals surface area contributed by atoms with Crippen molar-refractivity contribution in [3.05, 3.63) is 69.2 Å². The Labute approximate surface area is 158 Å². The smallest absolute Gasteiger partial charge is 0.114 e. The summed E-state index contributed by atoms with van der Waals surface area (Å²) < 4.78 is 13.8. The molecule has 2 aliphatic rings. The van der Waals surface area contributed by atoms with Gasteiger partial charge in [-0.3, -0.25) is 4.90 Å². The van der Waals surface area contributed by atoms with Crippen molar-refractivity contribution in [3.63, 3.8) is 0 Å². The molecule has 3 atom stereocenters. The molecular weight excluding hydrogens is 356 g/mol. The molecule has 0 spiro atoms. The molecule has 0 amide bonds. The minimum absolute atomic E-state index is 0.368. The highest BCUT2D eigenvalue weighted by atomic mass is 35.5. The second-order valence-electron chi connectivity index (χ2n) is 7.24. The summed E-state index contributed by atoms with van der Waals surface area (Å²) in [5.74, 6) is 0.368. The van der Waals surface area contributed by atoms with Gasteiger partial charge in [0.25, 0.3) is 0 Å². The molecule has 1 aliphatic heterocycles. The molecule has 0 bridgehead atoms. The van der Waals surface area contributed by atoms with E-state index in [0.29, 0.717) is 35.0 Å². The lowest BCUT2D eigenvalue weighted by molar-refractivity contribution is 0.175. The highest BCUT2D eigenvalue weighted by Crippen LogP contribution is 2.39. The van der Waals surface area contributed by atoms with Gasteiger partial charge in [-0.15, -0.1) is 0 Å². The summed E-state index contributed by atoms with van der Waals surface area (Å²) in [4.78, 5) is 2.36. The van der Waals surface area contributed by atoms with Crippen LogP contribution in [-0.2, 0) is 12.8 Å². The quantitative estimate of drug-likeness (QED) is 0.664. The van der Waals surface area contributed by atoms with E-state index in [-0.39, 0.29) is 0 Å². The van der Waals surface area contributed by atoms with E-state index in [0.717, 1.165) is 25.8 Å². The van der Waals surface area contributed by atoms with Gasteiger partial charge in [-0.05, 0) is 54.5 Å². The molecule has 132 valence electrons. The Morgan fingerprint density at radius 1 is 1.04 bits per heavy atom. The van der Waals surface area contributed by atoms with Gasteiger partial charge in [0.05, 0.1) is 10.0 Å². The summed E-state index contributed by atoms with van der Waals surface area (Å²) in [5, 5.41) is 1.19. The van der Waals surface area contributed by atoms with Crippen LogP contribution in [0.25, 0.3) is 0 Å². The summed E-state index contributed by atoms with van der Waals surface area (Å²) in [6.07, 6.45) is 3.06. The average Bonchev–Trinajstić information content (AvgIpc) is 3.04. The van der Waals surface area contributed by atoms with Crippen LogP contribution in [0.1, 0.15) is 35.4 Å². The summed E-state index contributed by atoms with van der Waals surface area (Å²) in [6, 6.07) is 15.0. The van der Waals surface area contributed by atoms with Gasteiger partial charge in [-0.1, -0.05) is 53.5 Å². The zero-order valence-corrected chi connectivity index (χ0v) is 15.6. The van der Waals surface area contributed by atoms with Gasteiger partial charge < -0.3 is 0 Å². The van der Waals surface area contributed by atoms with Crippen LogP contribution in [0.15, 0.2) is 42.5 Å². The first-order valence-electron chi connectivity index (χ1n) is 9.01. The fraction of sp³-hybridized carbons (Fsp3) is 0.429. The summed E-state index contributed by atoms with van der Waals surface area (Å²) in [5.41, 5.74) is 4.03. The lowest BCUT2D eigenvalue weighted by atomic mass is 9.75. The van der Waals surface area contributed by atoms with E-state index in [1.54, 1.807) is 0 Å². The van der Waals surface area contributed by atoms with Crippen LogP contribution >= 0.6 is 23.2 Å². The van der Waals surface area contributed by atoms with Crippen molar-refractivity contribution >= 4 is 23.2 Å². The van der Waals surface area contributed by atoms with E-state index in [1.807, 2.05) is 12.1 Å².